The number of nitrogens with one attached hydrogen (secondary N) is 2. The fourth-order valence-corrected chi connectivity index (χ4v) is 4.31. The van der Waals surface area contributed by atoms with Gasteiger partial charge in [0.1, 0.15) is 0 Å². The molecule has 1 aromatic heterocycles. The normalized spacial score (nSPS) is 18.8. The molecule has 0 bridgehead atoms. The zero-order chi connectivity index (χ0) is 22.2. The van der Waals surface area contributed by atoms with Gasteiger partial charge in [-0.05, 0) is 59.8 Å². The Bertz CT molecular complexity index is 1230. The third-order valence-electron chi connectivity index (χ3n) is 4.90. The van der Waals surface area contributed by atoms with Gasteiger partial charge in [-0.2, -0.15) is 4.68 Å². The van der Waals surface area contributed by atoms with Crippen LogP contribution in [0.15, 0.2) is 58.6 Å². The number of aliphatic hydroxyl groups excluding tert-OH is 1. The largest absolute Gasteiger partial charge is 0.395 e. The molecular formula is C18H19N7O4S2. The van der Waals surface area contributed by atoms with E-state index in [0.29, 0.717) is 17.1 Å². The highest BCUT2D eigenvalue weighted by molar-refractivity contribution is 7.92. The van der Waals surface area contributed by atoms with Crippen LogP contribution in [0, 0.1) is 5.41 Å². The van der Waals surface area contributed by atoms with Crippen LogP contribution < -0.4 is 15.2 Å². The molecule has 2 aromatic carbocycles. The molecule has 1 fully saturated rings. The molecule has 0 radical (unpaired) electrons. The minimum Gasteiger partial charge on any atom is -0.395 e. The standard InChI is InChI=1S/C18H19N7O4S2/c1-18(11-26)10-24(20-16(18)27)13-5-7-15(8-6-13)31(28,29)21-12-3-2-4-14(9-12)25-17(30)19-22-23-25/h2-9,21,26H,10-11H2,1H3,(H,20,27)(H,19,23,30). The highest BCUT2D eigenvalue weighted by Crippen LogP contribution is 2.28. The lowest BCUT2D eigenvalue weighted by Gasteiger charge is -2.20. The van der Waals surface area contributed by atoms with Crippen molar-refractivity contribution in [2.45, 2.75) is 17.0 Å². The van der Waals surface area contributed by atoms with Crippen LogP contribution in [0.5, 0.6) is 0 Å². The van der Waals surface area contributed by atoms with Crippen LogP contribution in [0.3, 0.4) is 0 Å². The Labute approximate surface area is 183 Å². The molecule has 1 amide bonds. The number of carbonyl (C=O) groups excluding carboxylic acids is 1. The molecule has 1 aliphatic heterocycles. The average Bonchev–Trinajstić information content (AvgIpc) is 3.31. The number of sulfonamides is 1. The third-order valence-corrected chi connectivity index (χ3v) is 6.57. The maximum absolute atomic E-state index is 12.8. The molecule has 3 N–H and O–H groups in total. The van der Waals surface area contributed by atoms with Crippen molar-refractivity contribution in [1.29, 1.82) is 0 Å². The Kier molecular flexibility index (Phi) is 5.33. The fraction of sp³-hybridized carbons (Fsp3) is 0.222. The van der Waals surface area contributed by atoms with Crippen molar-refractivity contribution >= 4 is 39.9 Å². The average molecular weight is 462 g/mol. The van der Waals surface area contributed by atoms with Gasteiger partial charge in [0.25, 0.3) is 10.0 Å². The molecule has 1 aliphatic rings. The quantitative estimate of drug-likeness (QED) is 0.391. The summed E-state index contributed by atoms with van der Waals surface area (Å²) in [5, 5.41) is 22.3. The number of nitrogens with zero attached hydrogens (tertiary/aromatic N) is 5. The zero-order valence-electron chi connectivity index (χ0n) is 16.3. The fourth-order valence-electron chi connectivity index (χ4n) is 3.07. The van der Waals surface area contributed by atoms with Gasteiger partial charge in [-0.1, -0.05) is 6.07 Å². The molecule has 0 spiro atoms. The van der Waals surface area contributed by atoms with Crippen LogP contribution in [-0.4, -0.2) is 52.8 Å². The summed E-state index contributed by atoms with van der Waals surface area (Å²) in [5.74, 6) is -0.291. The molecule has 0 saturated carbocycles. The van der Waals surface area contributed by atoms with Gasteiger partial charge in [0.05, 0.1) is 40.5 Å². The number of tetrazole rings is 1. The van der Waals surface area contributed by atoms with E-state index < -0.39 is 15.4 Å². The van der Waals surface area contributed by atoms with Gasteiger partial charge >= 0.3 is 0 Å². The minimum absolute atomic E-state index is 0.0504. The molecule has 1 saturated heterocycles. The Morgan fingerprint density at radius 3 is 2.58 bits per heavy atom. The van der Waals surface area contributed by atoms with Crippen LogP contribution in [0.4, 0.5) is 11.4 Å². The first kappa shape index (κ1) is 21.1. The summed E-state index contributed by atoms with van der Waals surface area (Å²) in [6.07, 6.45) is 0. The van der Waals surface area contributed by atoms with E-state index >= 15 is 0 Å². The Balaban J connectivity index is 1.52. The van der Waals surface area contributed by atoms with E-state index in [4.69, 9.17) is 0 Å². The number of aromatic nitrogens is 4. The molecule has 4 rings (SSSR count). The van der Waals surface area contributed by atoms with Gasteiger partial charge in [0, 0.05) is 0 Å². The lowest BCUT2D eigenvalue weighted by atomic mass is 9.92. The Morgan fingerprint density at radius 2 is 1.97 bits per heavy atom. The number of carbonyl (C=O) groups is 1. The van der Waals surface area contributed by atoms with E-state index in [0.717, 1.165) is 0 Å². The minimum atomic E-state index is -3.86. The number of rotatable bonds is 6. The number of hydrazine groups is 1. The van der Waals surface area contributed by atoms with Crippen molar-refractivity contribution in [3.05, 3.63) is 48.5 Å². The van der Waals surface area contributed by atoms with Gasteiger partial charge in [0.2, 0.25) is 11.1 Å². The Morgan fingerprint density at radius 1 is 1.23 bits per heavy atom. The zero-order valence-corrected chi connectivity index (χ0v) is 18.0. The lowest BCUT2D eigenvalue weighted by Crippen LogP contribution is -2.34. The molecule has 13 heteroatoms. The molecule has 3 aromatic rings. The molecular weight excluding hydrogens is 442 g/mol. The first-order valence-corrected chi connectivity index (χ1v) is 11.1. The summed E-state index contributed by atoms with van der Waals surface area (Å²) in [4.78, 5) is 12.1. The van der Waals surface area contributed by atoms with E-state index in [-0.39, 0.29) is 29.1 Å². The van der Waals surface area contributed by atoms with Gasteiger partial charge in [0.15, 0.2) is 0 Å². The first-order valence-electron chi connectivity index (χ1n) is 9.12. The van der Waals surface area contributed by atoms with E-state index in [9.17, 15) is 18.3 Å². The predicted molar refractivity (Wildman–Crippen MR) is 114 cm³/mol. The van der Waals surface area contributed by atoms with E-state index in [1.807, 2.05) is 0 Å². The molecule has 1 unspecified atom stereocenters. The summed E-state index contributed by atoms with van der Waals surface area (Å²) in [5.41, 5.74) is 3.24. The van der Waals surface area contributed by atoms with Crippen LogP contribution >= 0.6 is 12.6 Å². The maximum Gasteiger partial charge on any atom is 0.261 e. The first-order chi connectivity index (χ1) is 14.7. The van der Waals surface area contributed by atoms with Crippen molar-refractivity contribution in [1.82, 2.24) is 25.6 Å². The number of benzene rings is 2. The second kappa shape index (κ2) is 7.83. The summed E-state index contributed by atoms with van der Waals surface area (Å²) in [7, 11) is -3.86. The molecule has 2 heterocycles. The van der Waals surface area contributed by atoms with Gasteiger partial charge in [-0.3, -0.25) is 20.0 Å². The molecule has 162 valence electrons. The number of amides is 1. The number of hydrogen-bond donors (Lipinski definition) is 4. The second-order valence-electron chi connectivity index (χ2n) is 7.29. The maximum atomic E-state index is 12.8. The van der Waals surface area contributed by atoms with Crippen LogP contribution in [0.25, 0.3) is 5.69 Å². The van der Waals surface area contributed by atoms with Crippen LogP contribution in [0.2, 0.25) is 0 Å². The van der Waals surface area contributed by atoms with Crippen molar-refractivity contribution < 1.29 is 18.3 Å². The van der Waals surface area contributed by atoms with E-state index in [1.54, 1.807) is 48.3 Å². The van der Waals surface area contributed by atoms with Crippen LogP contribution in [-0.2, 0) is 14.8 Å². The number of thiol groups is 1. The SMILES string of the molecule is CC1(CO)CN(c2ccc(S(=O)(=O)Nc3cccc(-n4nnnc4S)c3)cc2)NC1=O. The van der Waals surface area contributed by atoms with Crippen molar-refractivity contribution in [2.24, 2.45) is 5.41 Å². The monoisotopic (exact) mass is 461 g/mol. The van der Waals surface area contributed by atoms with E-state index in [2.05, 4.69) is 38.3 Å². The topological polar surface area (TPSA) is 142 Å². The predicted octanol–water partition coefficient (Wildman–Crippen LogP) is 0.602. The summed E-state index contributed by atoms with van der Waals surface area (Å²) in [6, 6.07) is 12.6. The van der Waals surface area contributed by atoms with Crippen molar-refractivity contribution in [3.63, 3.8) is 0 Å². The van der Waals surface area contributed by atoms with Gasteiger partial charge < -0.3 is 5.11 Å². The summed E-state index contributed by atoms with van der Waals surface area (Å²) >= 11 is 4.15. The van der Waals surface area contributed by atoms with Crippen LogP contribution in [0.1, 0.15) is 6.92 Å². The van der Waals surface area contributed by atoms with E-state index in [1.165, 1.54) is 16.8 Å². The molecule has 11 nitrogen and oxygen atoms in total. The Hall–Kier alpha value is -3.16. The third kappa shape index (κ3) is 4.06. The highest BCUT2D eigenvalue weighted by atomic mass is 32.2. The van der Waals surface area contributed by atoms with Gasteiger partial charge in [-0.15, -0.1) is 17.7 Å². The highest BCUT2D eigenvalue weighted by Gasteiger charge is 2.42. The molecule has 0 aliphatic carbocycles. The summed E-state index contributed by atoms with van der Waals surface area (Å²) in [6.45, 7) is 1.64. The molecule has 31 heavy (non-hydrogen) atoms. The number of aliphatic hydroxyl groups is 1. The molecule has 1 atom stereocenters. The smallest absolute Gasteiger partial charge is 0.261 e. The van der Waals surface area contributed by atoms with Crippen molar-refractivity contribution in [2.75, 3.05) is 22.9 Å². The van der Waals surface area contributed by atoms with Crippen molar-refractivity contribution in [3.8, 4) is 5.69 Å². The van der Waals surface area contributed by atoms with Gasteiger partial charge in [-0.25, -0.2) is 8.42 Å². The second-order valence-corrected chi connectivity index (χ2v) is 9.37. The summed E-state index contributed by atoms with van der Waals surface area (Å²) < 4.78 is 29.5. The lowest BCUT2D eigenvalue weighted by molar-refractivity contribution is -0.128. The number of anilines is 2. The number of hydrogen-bond acceptors (Lipinski definition) is 9.